The molecule has 3 aromatic rings. The van der Waals surface area contributed by atoms with E-state index in [4.69, 9.17) is 0 Å². The zero-order valence-electron chi connectivity index (χ0n) is 15.8. The third-order valence-corrected chi connectivity index (χ3v) is 17.5. The molecule has 0 heterocycles. The summed E-state index contributed by atoms with van der Waals surface area (Å²) in [5.41, 5.74) is 0.630. The molecular weight excluding hydrogens is 411 g/mol. The zero-order chi connectivity index (χ0) is 18.6. The summed E-state index contributed by atoms with van der Waals surface area (Å²) in [6.45, 7) is 0. The molecule has 0 amide bonds. The van der Waals surface area contributed by atoms with Crippen molar-refractivity contribution in [2.24, 2.45) is 0 Å². The van der Waals surface area contributed by atoms with E-state index in [0.29, 0.717) is 5.66 Å². The number of hydrogen-bond donors (Lipinski definition) is 0. The molecule has 0 bridgehead atoms. The van der Waals surface area contributed by atoms with Crippen molar-refractivity contribution >= 4 is 36.7 Å². The van der Waals surface area contributed by atoms with Gasteiger partial charge in [0.2, 0.25) is 0 Å². The molecule has 0 radical (unpaired) electrons. The fourth-order valence-electron chi connectivity index (χ4n) is 4.98. The van der Waals surface area contributed by atoms with Crippen molar-refractivity contribution in [3.63, 3.8) is 0 Å². The third-order valence-electron chi connectivity index (χ3n) is 6.29. The summed E-state index contributed by atoms with van der Waals surface area (Å²) in [6.07, 6.45) is 7.99. The number of benzene rings is 3. The molecule has 1 aliphatic carbocycles. The summed E-state index contributed by atoms with van der Waals surface area (Å²) < 4.78 is 0. The quantitative estimate of drug-likeness (QED) is 0.320. The molecule has 0 spiro atoms. The fourth-order valence-corrected chi connectivity index (χ4v) is 14.1. The van der Waals surface area contributed by atoms with Gasteiger partial charge in [0.1, 0.15) is 0 Å². The second-order valence-corrected chi connectivity index (χ2v) is 16.6. The molecule has 0 N–H and O–H groups in total. The number of hydrogen-bond acceptors (Lipinski definition) is 0. The first-order valence-corrected chi connectivity index (χ1v) is 14.5. The molecular formula is C25H28BrP. The van der Waals surface area contributed by atoms with Gasteiger partial charge in [-0.15, -0.1) is 0 Å². The summed E-state index contributed by atoms with van der Waals surface area (Å²) in [5, 5.41) is 1.64. The van der Waals surface area contributed by atoms with Crippen LogP contribution in [0.1, 0.15) is 38.5 Å². The van der Waals surface area contributed by atoms with Crippen LogP contribution >= 0.6 is 20.8 Å². The Morgan fingerprint density at radius 3 is 1.19 bits per heavy atom. The minimum absolute atomic E-state index is 0.630. The molecule has 2 heteroatoms. The molecule has 4 rings (SSSR count). The topological polar surface area (TPSA) is 0 Å². The normalized spacial score (nSPS) is 17.6. The Kier molecular flexibility index (Phi) is 5.53. The van der Waals surface area contributed by atoms with Crippen molar-refractivity contribution in [3.8, 4) is 0 Å². The Labute approximate surface area is 171 Å². The van der Waals surface area contributed by atoms with Crippen LogP contribution in [0.4, 0.5) is 0 Å². The second-order valence-electron chi connectivity index (χ2n) is 7.73. The maximum absolute atomic E-state index is 4.64. The second kappa shape index (κ2) is 7.90. The molecule has 1 saturated carbocycles. The molecule has 3 aromatic carbocycles. The molecule has 0 unspecified atom stereocenters. The van der Waals surface area contributed by atoms with Crippen molar-refractivity contribution in [2.45, 2.75) is 44.2 Å². The van der Waals surface area contributed by atoms with Crippen molar-refractivity contribution in [3.05, 3.63) is 91.0 Å². The Bertz CT molecular complexity index is 753. The molecule has 140 valence electrons. The van der Waals surface area contributed by atoms with Crippen LogP contribution in [-0.2, 0) is 0 Å². The van der Waals surface area contributed by atoms with Crippen molar-refractivity contribution in [1.29, 1.82) is 0 Å². The Morgan fingerprint density at radius 2 is 0.852 bits per heavy atom. The standard InChI is InChI=1S/C25H28BrP/c26-27(23-16-8-3-9-17-23,24-18-10-4-11-19-24,25-20-12-5-13-21-25)22-14-6-1-2-7-15-22/h3-5,8-13,16-22H,1-2,6-7,14-15H2. The van der Waals surface area contributed by atoms with E-state index < -0.39 is 5.31 Å². The molecule has 0 saturated heterocycles. The van der Waals surface area contributed by atoms with E-state index in [1.165, 1.54) is 54.4 Å². The average molecular weight is 439 g/mol. The molecule has 1 fully saturated rings. The van der Waals surface area contributed by atoms with Crippen LogP contribution in [0.25, 0.3) is 0 Å². The minimum atomic E-state index is -2.76. The monoisotopic (exact) mass is 438 g/mol. The van der Waals surface area contributed by atoms with Gasteiger partial charge in [0.05, 0.1) is 0 Å². The van der Waals surface area contributed by atoms with E-state index in [-0.39, 0.29) is 0 Å². The van der Waals surface area contributed by atoms with Gasteiger partial charge in [-0.25, -0.2) is 0 Å². The van der Waals surface area contributed by atoms with E-state index in [9.17, 15) is 0 Å². The van der Waals surface area contributed by atoms with Gasteiger partial charge in [0, 0.05) is 0 Å². The van der Waals surface area contributed by atoms with Crippen molar-refractivity contribution in [2.75, 3.05) is 0 Å². The average Bonchev–Trinajstić information content (AvgIpc) is 3.05. The number of halogens is 1. The molecule has 27 heavy (non-hydrogen) atoms. The molecule has 0 nitrogen and oxygen atoms in total. The van der Waals surface area contributed by atoms with Crippen LogP contribution in [0.2, 0.25) is 0 Å². The molecule has 1 aliphatic rings. The molecule has 0 atom stereocenters. The first-order chi connectivity index (χ1) is 13.2. The zero-order valence-corrected chi connectivity index (χ0v) is 18.3. The van der Waals surface area contributed by atoms with Crippen LogP contribution in [0.15, 0.2) is 91.0 Å². The van der Waals surface area contributed by atoms with Gasteiger partial charge in [-0.3, -0.25) is 0 Å². The molecule has 0 aliphatic heterocycles. The van der Waals surface area contributed by atoms with E-state index in [2.05, 4.69) is 106 Å². The Hall–Kier alpha value is -1.43. The van der Waals surface area contributed by atoms with Gasteiger partial charge in [-0.05, 0) is 0 Å². The van der Waals surface area contributed by atoms with Crippen LogP contribution in [0.3, 0.4) is 0 Å². The predicted octanol–water partition coefficient (Wildman–Crippen LogP) is 6.55. The maximum atomic E-state index is 4.64. The van der Waals surface area contributed by atoms with E-state index >= 15 is 0 Å². The summed E-state index contributed by atoms with van der Waals surface area (Å²) in [5.74, 6) is 0. The predicted molar refractivity (Wildman–Crippen MR) is 126 cm³/mol. The van der Waals surface area contributed by atoms with Gasteiger partial charge in [-0.2, -0.15) is 0 Å². The Morgan fingerprint density at radius 1 is 0.519 bits per heavy atom. The summed E-state index contributed by atoms with van der Waals surface area (Å²) >= 11 is 4.64. The summed E-state index contributed by atoms with van der Waals surface area (Å²) in [4.78, 5) is 0. The van der Waals surface area contributed by atoms with Crippen LogP contribution < -0.4 is 15.9 Å². The summed E-state index contributed by atoms with van der Waals surface area (Å²) in [7, 11) is 0. The van der Waals surface area contributed by atoms with E-state index in [0.717, 1.165) is 0 Å². The third kappa shape index (κ3) is 3.10. The van der Waals surface area contributed by atoms with Gasteiger partial charge < -0.3 is 0 Å². The van der Waals surface area contributed by atoms with Crippen molar-refractivity contribution in [1.82, 2.24) is 0 Å². The molecule has 0 aromatic heterocycles. The SMILES string of the molecule is BrP(c1ccccc1)(c1ccccc1)(c1ccccc1)C1CCCCCC1. The van der Waals surface area contributed by atoms with Gasteiger partial charge in [0.25, 0.3) is 0 Å². The summed E-state index contributed by atoms with van der Waals surface area (Å²) in [6, 6.07) is 33.8. The first-order valence-electron chi connectivity index (χ1n) is 10.1. The van der Waals surface area contributed by atoms with E-state index in [1.807, 2.05) is 0 Å². The van der Waals surface area contributed by atoms with Gasteiger partial charge in [-0.1, -0.05) is 0 Å². The van der Waals surface area contributed by atoms with Crippen LogP contribution in [-0.4, -0.2) is 5.66 Å². The van der Waals surface area contributed by atoms with Gasteiger partial charge >= 0.3 is 172 Å². The Balaban J connectivity index is 2.09. The van der Waals surface area contributed by atoms with Gasteiger partial charge in [0.15, 0.2) is 0 Å². The van der Waals surface area contributed by atoms with Crippen LogP contribution in [0.5, 0.6) is 0 Å². The van der Waals surface area contributed by atoms with Crippen LogP contribution in [0, 0.1) is 0 Å². The number of rotatable bonds is 4. The first kappa shape index (κ1) is 18.9. The van der Waals surface area contributed by atoms with E-state index in [1.54, 1.807) is 0 Å². The fraction of sp³-hybridized carbons (Fsp3) is 0.280. The van der Waals surface area contributed by atoms with Crippen molar-refractivity contribution < 1.29 is 0 Å².